The molecule has 1 aliphatic carbocycles. The minimum absolute atomic E-state index is 0.0155. The van der Waals surface area contributed by atoms with Gasteiger partial charge in [0, 0.05) is 31.5 Å². The van der Waals surface area contributed by atoms with Gasteiger partial charge in [0.05, 0.1) is 11.7 Å². The minimum Gasteiger partial charge on any atom is -0.371 e. The zero-order chi connectivity index (χ0) is 14.1. The van der Waals surface area contributed by atoms with Crippen molar-refractivity contribution in [3.63, 3.8) is 0 Å². The van der Waals surface area contributed by atoms with E-state index in [2.05, 4.69) is 10.4 Å². The Bertz CT molecular complexity index is 541. The van der Waals surface area contributed by atoms with Crippen molar-refractivity contribution in [1.82, 2.24) is 15.1 Å². The first kappa shape index (κ1) is 13.4. The Morgan fingerprint density at radius 3 is 2.95 bits per heavy atom. The Balaban J connectivity index is 1.69. The normalized spacial score (nSPS) is 25.4. The molecule has 1 aliphatic heterocycles. The van der Waals surface area contributed by atoms with E-state index in [0.717, 1.165) is 30.5 Å². The lowest BCUT2D eigenvalue weighted by Crippen LogP contribution is -2.36. The molecule has 1 saturated carbocycles. The molecule has 2 aliphatic rings. The molecule has 0 radical (unpaired) electrons. The molecule has 2 fully saturated rings. The first-order chi connectivity index (χ1) is 9.63. The van der Waals surface area contributed by atoms with E-state index >= 15 is 0 Å². The lowest BCUT2D eigenvalue weighted by molar-refractivity contribution is -0.117. The SMILES string of the molecule is Cc1nn(C)cc1[C@H]1OCC[C@@H]1NC(=O)C=C1CCC1. The van der Waals surface area contributed by atoms with Crippen molar-refractivity contribution < 1.29 is 9.53 Å². The van der Waals surface area contributed by atoms with E-state index in [-0.39, 0.29) is 18.1 Å². The fourth-order valence-electron chi connectivity index (χ4n) is 2.88. The number of rotatable bonds is 3. The number of carbonyl (C=O) groups excluding carboxylic acids is 1. The van der Waals surface area contributed by atoms with E-state index in [0.29, 0.717) is 6.61 Å². The molecule has 0 bridgehead atoms. The molecule has 0 unspecified atom stereocenters. The van der Waals surface area contributed by atoms with Crippen molar-refractivity contribution in [3.05, 3.63) is 29.1 Å². The zero-order valence-electron chi connectivity index (χ0n) is 12.1. The Hall–Kier alpha value is -1.62. The fourth-order valence-corrected chi connectivity index (χ4v) is 2.88. The molecule has 2 atom stereocenters. The quantitative estimate of drug-likeness (QED) is 0.856. The Kier molecular flexibility index (Phi) is 3.61. The summed E-state index contributed by atoms with van der Waals surface area (Å²) in [4.78, 5) is 12.0. The summed E-state index contributed by atoms with van der Waals surface area (Å²) >= 11 is 0. The van der Waals surface area contributed by atoms with Gasteiger partial charge in [-0.15, -0.1) is 0 Å². The molecule has 1 amide bonds. The fraction of sp³-hybridized carbons (Fsp3) is 0.600. The maximum atomic E-state index is 12.0. The van der Waals surface area contributed by atoms with E-state index in [9.17, 15) is 4.79 Å². The monoisotopic (exact) mass is 275 g/mol. The summed E-state index contributed by atoms with van der Waals surface area (Å²) in [7, 11) is 1.90. The van der Waals surface area contributed by atoms with Gasteiger partial charge < -0.3 is 10.1 Å². The number of nitrogens with one attached hydrogen (secondary N) is 1. The molecule has 5 heteroatoms. The summed E-state index contributed by atoms with van der Waals surface area (Å²) in [5.74, 6) is 0.0155. The lowest BCUT2D eigenvalue weighted by Gasteiger charge is -2.20. The summed E-state index contributed by atoms with van der Waals surface area (Å²) in [5.41, 5.74) is 3.30. The van der Waals surface area contributed by atoms with Crippen LogP contribution in [0.15, 0.2) is 17.8 Å². The molecule has 0 spiro atoms. The van der Waals surface area contributed by atoms with Crippen LogP contribution in [-0.2, 0) is 16.6 Å². The van der Waals surface area contributed by atoms with Gasteiger partial charge in [-0.1, -0.05) is 5.57 Å². The number of carbonyl (C=O) groups is 1. The molecule has 108 valence electrons. The van der Waals surface area contributed by atoms with Gasteiger partial charge in [-0.05, 0) is 32.6 Å². The molecule has 1 aromatic rings. The predicted octanol–water partition coefficient (Wildman–Crippen LogP) is 1.79. The van der Waals surface area contributed by atoms with Crippen LogP contribution in [-0.4, -0.2) is 28.3 Å². The molecular formula is C15H21N3O2. The number of amides is 1. The van der Waals surface area contributed by atoms with Gasteiger partial charge in [-0.3, -0.25) is 9.48 Å². The molecular weight excluding hydrogens is 254 g/mol. The van der Waals surface area contributed by atoms with Gasteiger partial charge in [-0.25, -0.2) is 0 Å². The maximum Gasteiger partial charge on any atom is 0.244 e. The van der Waals surface area contributed by atoms with Crippen LogP contribution in [0.25, 0.3) is 0 Å². The van der Waals surface area contributed by atoms with Crippen LogP contribution in [0, 0.1) is 6.92 Å². The molecule has 1 aromatic heterocycles. The number of allylic oxidation sites excluding steroid dienone is 1. The molecule has 2 heterocycles. The topological polar surface area (TPSA) is 56.1 Å². The van der Waals surface area contributed by atoms with Gasteiger partial charge in [-0.2, -0.15) is 5.10 Å². The number of nitrogens with zero attached hydrogens (tertiary/aromatic N) is 2. The number of ether oxygens (including phenoxy) is 1. The van der Waals surface area contributed by atoms with Gasteiger partial charge in [0.25, 0.3) is 0 Å². The predicted molar refractivity (Wildman–Crippen MR) is 75.1 cm³/mol. The first-order valence-electron chi connectivity index (χ1n) is 7.25. The maximum absolute atomic E-state index is 12.0. The van der Waals surface area contributed by atoms with Crippen LogP contribution in [0.1, 0.15) is 43.0 Å². The van der Waals surface area contributed by atoms with E-state index < -0.39 is 0 Å². The van der Waals surface area contributed by atoms with E-state index in [1.165, 1.54) is 12.0 Å². The third-order valence-electron chi connectivity index (χ3n) is 4.11. The summed E-state index contributed by atoms with van der Waals surface area (Å²) < 4.78 is 7.60. The Morgan fingerprint density at radius 2 is 2.35 bits per heavy atom. The number of hydrogen-bond acceptors (Lipinski definition) is 3. The molecule has 3 rings (SSSR count). The van der Waals surface area contributed by atoms with Crippen molar-refractivity contribution in [2.75, 3.05) is 6.61 Å². The van der Waals surface area contributed by atoms with Crippen LogP contribution >= 0.6 is 0 Å². The molecule has 5 nitrogen and oxygen atoms in total. The van der Waals surface area contributed by atoms with Crippen molar-refractivity contribution >= 4 is 5.91 Å². The van der Waals surface area contributed by atoms with E-state index in [1.807, 2.05) is 20.2 Å². The minimum atomic E-state index is -0.0764. The molecule has 0 aromatic carbocycles. The molecule has 1 N–H and O–H groups in total. The standard InChI is InChI=1S/C15H21N3O2/c1-10-12(9-18(2)17-10)15-13(6-7-20-15)16-14(19)8-11-4-3-5-11/h8-9,13,15H,3-7H2,1-2H3,(H,16,19)/t13-,15+/m0/s1. The molecule has 20 heavy (non-hydrogen) atoms. The largest absolute Gasteiger partial charge is 0.371 e. The second-order valence-corrected chi connectivity index (χ2v) is 5.69. The zero-order valence-corrected chi connectivity index (χ0v) is 12.1. The highest BCUT2D eigenvalue weighted by Gasteiger charge is 2.32. The van der Waals surface area contributed by atoms with Crippen LogP contribution in [0.5, 0.6) is 0 Å². The Labute approximate surface area is 119 Å². The van der Waals surface area contributed by atoms with Gasteiger partial charge in [0.2, 0.25) is 5.91 Å². The summed E-state index contributed by atoms with van der Waals surface area (Å²) in [6, 6.07) is 0.0438. The first-order valence-corrected chi connectivity index (χ1v) is 7.25. The number of aryl methyl sites for hydroxylation is 2. The number of aromatic nitrogens is 2. The second kappa shape index (κ2) is 5.40. The highest BCUT2D eigenvalue weighted by Crippen LogP contribution is 2.31. The summed E-state index contributed by atoms with van der Waals surface area (Å²) in [5, 5.41) is 7.44. The van der Waals surface area contributed by atoms with Crippen LogP contribution in [0.4, 0.5) is 0 Å². The average molecular weight is 275 g/mol. The summed E-state index contributed by atoms with van der Waals surface area (Å²) in [6.07, 6.45) is 7.87. The van der Waals surface area contributed by atoms with E-state index in [4.69, 9.17) is 4.74 Å². The smallest absolute Gasteiger partial charge is 0.244 e. The lowest BCUT2D eigenvalue weighted by atomic mass is 9.92. The van der Waals surface area contributed by atoms with Crippen LogP contribution < -0.4 is 5.32 Å². The van der Waals surface area contributed by atoms with Crippen LogP contribution in [0.2, 0.25) is 0 Å². The van der Waals surface area contributed by atoms with Crippen molar-refractivity contribution in [1.29, 1.82) is 0 Å². The third kappa shape index (κ3) is 2.63. The van der Waals surface area contributed by atoms with Gasteiger partial charge in [0.15, 0.2) is 0 Å². The molecule has 1 saturated heterocycles. The average Bonchev–Trinajstić information content (AvgIpc) is 2.90. The second-order valence-electron chi connectivity index (χ2n) is 5.69. The van der Waals surface area contributed by atoms with Crippen molar-refractivity contribution in [2.45, 2.75) is 44.8 Å². The highest BCUT2D eigenvalue weighted by atomic mass is 16.5. The van der Waals surface area contributed by atoms with Gasteiger partial charge in [0.1, 0.15) is 6.10 Å². The highest BCUT2D eigenvalue weighted by molar-refractivity contribution is 5.88. The van der Waals surface area contributed by atoms with Crippen molar-refractivity contribution in [3.8, 4) is 0 Å². The van der Waals surface area contributed by atoms with Crippen molar-refractivity contribution in [2.24, 2.45) is 7.05 Å². The summed E-state index contributed by atoms with van der Waals surface area (Å²) in [6.45, 7) is 2.66. The van der Waals surface area contributed by atoms with E-state index in [1.54, 1.807) is 10.8 Å². The van der Waals surface area contributed by atoms with Gasteiger partial charge >= 0.3 is 0 Å². The van der Waals surface area contributed by atoms with Crippen LogP contribution in [0.3, 0.4) is 0 Å². The third-order valence-corrected chi connectivity index (χ3v) is 4.11. The Morgan fingerprint density at radius 1 is 1.55 bits per heavy atom. The number of hydrogen-bond donors (Lipinski definition) is 1.